The van der Waals surface area contributed by atoms with E-state index in [1.165, 1.54) is 17.7 Å². The summed E-state index contributed by atoms with van der Waals surface area (Å²) in [4.78, 5) is 0. The molecule has 3 heteroatoms. The van der Waals surface area contributed by atoms with Gasteiger partial charge in [-0.05, 0) is 0 Å². The molecule has 0 amide bonds. The van der Waals surface area contributed by atoms with E-state index < -0.39 is 0 Å². The second-order valence-electron chi connectivity index (χ2n) is 0.224. The Hall–Kier alpha value is 0.620. The molecule has 0 N–H and O–H groups in total. The van der Waals surface area contributed by atoms with Gasteiger partial charge in [-0.25, -0.2) is 0 Å². The fourth-order valence-corrected chi connectivity index (χ4v) is 0. The van der Waals surface area contributed by atoms with Crippen LogP contribution in [0, 0.1) is 10.0 Å². The van der Waals surface area contributed by atoms with Crippen LogP contribution in [0.25, 0.3) is 0 Å². The van der Waals surface area contributed by atoms with Crippen LogP contribution in [0.3, 0.4) is 0 Å². The molecule has 0 radical (unpaired) electrons. The molecule has 0 aromatic carbocycles. The molecule has 0 aliphatic heterocycles. The number of hydrogen-bond acceptors (Lipinski definition) is 1. The zero-order valence-corrected chi connectivity index (χ0v) is 3.68. The average molecular weight is 63.0 g/mol. The van der Waals surface area contributed by atoms with Crippen LogP contribution in [0.4, 0.5) is 0 Å². The molecule has 0 atom stereocenters. The van der Waals surface area contributed by atoms with Gasteiger partial charge in [-0.15, -0.1) is 0 Å². The number of nitrogens with zero attached hydrogens (tertiary/aromatic N) is 1. The van der Waals surface area contributed by atoms with E-state index in [4.69, 9.17) is 5.26 Å². The third kappa shape index (κ3) is 17.9. The third-order valence-corrected chi connectivity index (χ3v) is 0. The topological polar surface area (TPSA) is 23.8 Å². The van der Waals surface area contributed by atoms with Gasteiger partial charge >= 0.3 is 45.1 Å². The zero-order chi connectivity index (χ0) is 2.71. The fourth-order valence-electron chi connectivity index (χ4n) is 0. The SMILES string of the molecule is [Al+3].[H-].[H-].[H-].[Li][C]#N. The molecule has 0 bridgehead atoms. The van der Waals surface area contributed by atoms with Crippen molar-refractivity contribution in [1.29, 1.82) is 5.26 Å². The van der Waals surface area contributed by atoms with E-state index >= 15 is 0 Å². The molecule has 0 saturated heterocycles. The number of hydrogen-bond donors (Lipinski definition) is 0. The van der Waals surface area contributed by atoms with Gasteiger partial charge < -0.3 is 4.28 Å². The van der Waals surface area contributed by atoms with E-state index in [2.05, 4.69) is 0 Å². The van der Waals surface area contributed by atoms with E-state index in [1.807, 2.05) is 0 Å². The van der Waals surface area contributed by atoms with Crippen molar-refractivity contribution in [3.63, 3.8) is 0 Å². The number of nitriles is 1. The van der Waals surface area contributed by atoms with Gasteiger partial charge in [0.15, 0.2) is 0 Å². The van der Waals surface area contributed by atoms with Crippen molar-refractivity contribution < 1.29 is 4.28 Å². The molecule has 0 spiro atoms. The van der Waals surface area contributed by atoms with Gasteiger partial charge in [0, 0.05) is 0 Å². The molecule has 0 aliphatic carbocycles. The summed E-state index contributed by atoms with van der Waals surface area (Å²) in [6, 6.07) is 0. The quantitative estimate of drug-likeness (QED) is 0.351. The summed E-state index contributed by atoms with van der Waals surface area (Å²) in [5.74, 6) is 0. The van der Waals surface area contributed by atoms with Gasteiger partial charge in [-0.2, -0.15) is 0 Å². The fraction of sp³-hybridized carbons (Fsp3) is 0. The minimum absolute atomic E-state index is 0. The van der Waals surface area contributed by atoms with Crippen molar-refractivity contribution in [1.82, 2.24) is 0 Å². The van der Waals surface area contributed by atoms with Crippen molar-refractivity contribution >= 4 is 35.1 Å². The summed E-state index contributed by atoms with van der Waals surface area (Å²) in [6.07, 6.45) is 0. The molecular weight excluding hydrogens is 59.9 g/mol. The summed E-state index contributed by atoms with van der Waals surface area (Å²) in [5.41, 5.74) is 0. The molecule has 0 aromatic heterocycles. The van der Waals surface area contributed by atoms with Gasteiger partial charge in [0.05, 0.1) is 0 Å². The molecule has 1 nitrogen and oxygen atoms in total. The van der Waals surface area contributed by atoms with Gasteiger partial charge in [0.2, 0.25) is 0 Å². The van der Waals surface area contributed by atoms with E-state index in [0.717, 1.165) is 0 Å². The standard InChI is InChI=1S/CN.Al.Li.3H/c1-2;;;;;/q;+3;;3*-1. The summed E-state index contributed by atoms with van der Waals surface area (Å²) in [5, 5.41) is 7.32. The predicted molar refractivity (Wildman–Crippen MR) is 20.5 cm³/mol. The Morgan fingerprint density at radius 3 is 2.00 bits per heavy atom. The maximum absolute atomic E-state index is 7.32. The van der Waals surface area contributed by atoms with Crippen LogP contribution in [-0.2, 0) is 0 Å². The van der Waals surface area contributed by atoms with Crippen LogP contribution < -0.4 is 0 Å². The average Bonchev–Trinajstić information content (AvgIpc) is 0.918. The van der Waals surface area contributed by atoms with Crippen LogP contribution >= 0.6 is 0 Å². The minimum atomic E-state index is 0. The van der Waals surface area contributed by atoms with E-state index in [1.54, 1.807) is 4.74 Å². The van der Waals surface area contributed by atoms with Crippen LogP contribution in [0.2, 0.25) is 0 Å². The molecule has 0 unspecified atom stereocenters. The molecule has 0 rings (SSSR count). The van der Waals surface area contributed by atoms with Gasteiger partial charge in [0.1, 0.15) is 0 Å². The van der Waals surface area contributed by atoms with Crippen molar-refractivity contribution in [2.75, 3.05) is 0 Å². The summed E-state index contributed by atoms with van der Waals surface area (Å²) >= 11 is 1.43. The van der Waals surface area contributed by atoms with Crippen molar-refractivity contribution in [3.05, 3.63) is 0 Å². The Kier molecular flexibility index (Phi) is 20.9. The molecule has 0 fully saturated rings. The summed E-state index contributed by atoms with van der Waals surface area (Å²) in [6.45, 7) is 0. The predicted octanol–water partition coefficient (Wildman–Crippen LogP) is -0.407. The first-order chi connectivity index (χ1) is 1.41. The molecular formula is CH3AlLiN. The Labute approximate surface area is 49.8 Å². The van der Waals surface area contributed by atoms with Gasteiger partial charge in [0.25, 0.3) is 0 Å². The first-order valence-corrected chi connectivity index (χ1v) is 0.724. The molecule has 16 valence electrons. The van der Waals surface area contributed by atoms with Crippen LogP contribution in [0.5, 0.6) is 0 Å². The second kappa shape index (κ2) is 9.47. The van der Waals surface area contributed by atoms with Crippen LogP contribution in [-0.4, -0.2) is 35.1 Å². The first-order valence-electron chi connectivity index (χ1n) is 0.724. The Morgan fingerprint density at radius 1 is 2.00 bits per heavy atom. The molecule has 0 heterocycles. The third-order valence-electron chi connectivity index (χ3n) is 0. The van der Waals surface area contributed by atoms with Gasteiger partial charge in [-0.3, -0.25) is 0 Å². The summed E-state index contributed by atoms with van der Waals surface area (Å²) < 4.78 is 1.75. The Bertz CT molecular complexity index is 36.4. The molecule has 0 saturated carbocycles. The van der Waals surface area contributed by atoms with Gasteiger partial charge in [-0.1, -0.05) is 0 Å². The van der Waals surface area contributed by atoms with E-state index in [0.29, 0.717) is 0 Å². The van der Waals surface area contributed by atoms with Crippen LogP contribution in [0.1, 0.15) is 4.28 Å². The monoisotopic (exact) mass is 63.0 g/mol. The molecule has 0 aromatic rings. The number of rotatable bonds is 0. The normalized spacial score (nSPS) is 2.25. The van der Waals surface area contributed by atoms with E-state index in [-0.39, 0.29) is 21.6 Å². The molecule has 0 aliphatic rings. The van der Waals surface area contributed by atoms with Crippen LogP contribution in [0.15, 0.2) is 0 Å². The maximum atomic E-state index is 7.32. The Morgan fingerprint density at radius 2 is 2.00 bits per heavy atom. The van der Waals surface area contributed by atoms with Crippen molar-refractivity contribution in [2.24, 2.45) is 0 Å². The van der Waals surface area contributed by atoms with Crippen molar-refractivity contribution in [2.45, 2.75) is 0 Å². The zero-order valence-electron chi connectivity index (χ0n) is 5.52. The first kappa shape index (κ1) is 8.82. The Balaban J connectivity index is -0.00000000333. The molecule has 4 heavy (non-hydrogen) atoms. The van der Waals surface area contributed by atoms with Crippen molar-refractivity contribution in [3.8, 4) is 4.74 Å². The van der Waals surface area contributed by atoms with E-state index in [9.17, 15) is 0 Å². The summed E-state index contributed by atoms with van der Waals surface area (Å²) in [7, 11) is 0. The second-order valence-corrected chi connectivity index (χ2v) is 0.224.